The van der Waals surface area contributed by atoms with Crippen molar-refractivity contribution in [2.24, 2.45) is 0 Å². The Hall–Kier alpha value is -2.09. The Kier molecular flexibility index (Phi) is 3.34. The molecule has 1 aromatic carbocycles. The van der Waals surface area contributed by atoms with Crippen molar-refractivity contribution in [1.82, 2.24) is 4.98 Å². The maximum absolute atomic E-state index is 5.26. The first-order valence-electron chi connectivity index (χ1n) is 5.12. The van der Waals surface area contributed by atoms with Gasteiger partial charge in [0.05, 0.1) is 12.8 Å². The van der Waals surface area contributed by atoms with E-state index in [1.807, 2.05) is 54.6 Å². The average Bonchev–Trinajstić information content (AvgIpc) is 2.38. The van der Waals surface area contributed by atoms with E-state index in [4.69, 9.17) is 4.74 Å². The van der Waals surface area contributed by atoms with Gasteiger partial charge in [0.2, 0.25) is 0 Å². The highest BCUT2D eigenvalue weighted by Crippen LogP contribution is 2.19. The van der Waals surface area contributed by atoms with Gasteiger partial charge in [0, 0.05) is 11.8 Å². The zero-order valence-electron chi connectivity index (χ0n) is 9.13. The average molecular weight is 211 g/mol. The maximum atomic E-state index is 5.26. The smallest absolute Gasteiger partial charge is 0.126 e. The second-order valence-corrected chi connectivity index (χ2v) is 3.33. The molecule has 0 aliphatic heterocycles. The van der Waals surface area contributed by atoms with Gasteiger partial charge in [0.25, 0.3) is 0 Å². The molecule has 0 aliphatic carbocycles. The molecule has 0 saturated heterocycles. The zero-order valence-corrected chi connectivity index (χ0v) is 9.13. The van der Waals surface area contributed by atoms with Crippen LogP contribution in [0, 0.1) is 0 Å². The second-order valence-electron chi connectivity index (χ2n) is 3.33. The SMILES string of the molecule is COc1ccccc1/C=C/c1ccccn1. The van der Waals surface area contributed by atoms with Crippen LogP contribution in [0.5, 0.6) is 5.75 Å². The molecule has 2 heteroatoms. The van der Waals surface area contributed by atoms with Crippen LogP contribution in [0.2, 0.25) is 0 Å². The molecule has 0 atom stereocenters. The zero-order chi connectivity index (χ0) is 11.2. The lowest BCUT2D eigenvalue weighted by molar-refractivity contribution is 0.414. The summed E-state index contributed by atoms with van der Waals surface area (Å²) in [6, 6.07) is 13.7. The molecule has 80 valence electrons. The van der Waals surface area contributed by atoms with Crippen molar-refractivity contribution in [1.29, 1.82) is 0 Å². The first-order valence-corrected chi connectivity index (χ1v) is 5.12. The van der Waals surface area contributed by atoms with Gasteiger partial charge in [-0.15, -0.1) is 0 Å². The van der Waals surface area contributed by atoms with E-state index in [0.29, 0.717) is 0 Å². The summed E-state index contributed by atoms with van der Waals surface area (Å²) in [7, 11) is 1.67. The fourth-order valence-electron chi connectivity index (χ4n) is 1.45. The Labute approximate surface area is 95.2 Å². The monoisotopic (exact) mass is 211 g/mol. The third-order valence-corrected chi connectivity index (χ3v) is 2.26. The molecule has 2 nitrogen and oxygen atoms in total. The van der Waals surface area contributed by atoms with Crippen molar-refractivity contribution in [2.75, 3.05) is 7.11 Å². The number of ether oxygens (including phenoxy) is 1. The summed E-state index contributed by atoms with van der Waals surface area (Å²) < 4.78 is 5.26. The molecule has 0 saturated carbocycles. The molecule has 16 heavy (non-hydrogen) atoms. The molecule has 1 heterocycles. The van der Waals surface area contributed by atoms with Crippen molar-refractivity contribution in [2.45, 2.75) is 0 Å². The van der Waals surface area contributed by atoms with Crippen LogP contribution in [0.1, 0.15) is 11.3 Å². The number of benzene rings is 1. The minimum atomic E-state index is 0.870. The summed E-state index contributed by atoms with van der Waals surface area (Å²) in [6.07, 6.45) is 5.75. The first-order chi connectivity index (χ1) is 7.90. The van der Waals surface area contributed by atoms with Crippen LogP contribution in [-0.2, 0) is 0 Å². The number of hydrogen-bond acceptors (Lipinski definition) is 2. The van der Waals surface area contributed by atoms with Crippen molar-refractivity contribution in [3.05, 3.63) is 59.9 Å². The highest BCUT2D eigenvalue weighted by molar-refractivity contribution is 5.71. The van der Waals surface area contributed by atoms with Crippen LogP contribution in [0.3, 0.4) is 0 Å². The van der Waals surface area contributed by atoms with Crippen molar-refractivity contribution >= 4 is 12.2 Å². The van der Waals surface area contributed by atoms with Crippen LogP contribution in [0.25, 0.3) is 12.2 Å². The summed E-state index contributed by atoms with van der Waals surface area (Å²) in [5.74, 6) is 0.870. The van der Waals surface area contributed by atoms with E-state index >= 15 is 0 Å². The Bertz CT molecular complexity index is 477. The molecular formula is C14H13NO. The van der Waals surface area contributed by atoms with Gasteiger partial charge in [-0.1, -0.05) is 24.3 Å². The highest BCUT2D eigenvalue weighted by atomic mass is 16.5. The fraction of sp³-hybridized carbons (Fsp3) is 0.0714. The molecule has 0 aliphatic rings. The van der Waals surface area contributed by atoms with Crippen LogP contribution in [0.4, 0.5) is 0 Å². The number of rotatable bonds is 3. The van der Waals surface area contributed by atoms with E-state index in [2.05, 4.69) is 4.98 Å². The van der Waals surface area contributed by atoms with Gasteiger partial charge in [-0.05, 0) is 30.4 Å². The summed E-state index contributed by atoms with van der Waals surface area (Å²) in [4.78, 5) is 4.22. The van der Waals surface area contributed by atoms with Crippen LogP contribution in [0.15, 0.2) is 48.7 Å². The van der Waals surface area contributed by atoms with E-state index in [-0.39, 0.29) is 0 Å². The molecule has 0 unspecified atom stereocenters. The van der Waals surface area contributed by atoms with E-state index in [9.17, 15) is 0 Å². The topological polar surface area (TPSA) is 22.1 Å². The van der Waals surface area contributed by atoms with E-state index < -0.39 is 0 Å². The second kappa shape index (κ2) is 5.12. The third kappa shape index (κ3) is 2.48. The van der Waals surface area contributed by atoms with Crippen LogP contribution < -0.4 is 4.74 Å². The van der Waals surface area contributed by atoms with Crippen molar-refractivity contribution in [3.8, 4) is 5.75 Å². The first kappa shape index (κ1) is 10.4. The van der Waals surface area contributed by atoms with Gasteiger partial charge in [-0.3, -0.25) is 4.98 Å². The molecule has 0 amide bonds. The molecule has 0 fully saturated rings. The van der Waals surface area contributed by atoms with E-state index in [1.54, 1.807) is 13.3 Å². The third-order valence-electron chi connectivity index (χ3n) is 2.26. The number of hydrogen-bond donors (Lipinski definition) is 0. The van der Waals surface area contributed by atoms with Gasteiger partial charge in [0.15, 0.2) is 0 Å². The number of pyridine rings is 1. The summed E-state index contributed by atoms with van der Waals surface area (Å²) in [6.45, 7) is 0. The Morgan fingerprint density at radius 3 is 2.56 bits per heavy atom. The number of nitrogens with zero attached hydrogens (tertiary/aromatic N) is 1. The van der Waals surface area contributed by atoms with Gasteiger partial charge in [0.1, 0.15) is 5.75 Å². The standard InChI is InChI=1S/C14H13NO/c1-16-14-8-3-2-6-12(14)9-10-13-7-4-5-11-15-13/h2-11H,1H3/b10-9+. The normalized spacial score (nSPS) is 10.6. The van der Waals surface area contributed by atoms with Gasteiger partial charge >= 0.3 is 0 Å². The lowest BCUT2D eigenvalue weighted by Gasteiger charge is -2.02. The lowest BCUT2D eigenvalue weighted by Crippen LogP contribution is -1.85. The van der Waals surface area contributed by atoms with E-state index in [1.165, 1.54) is 0 Å². The van der Waals surface area contributed by atoms with Gasteiger partial charge < -0.3 is 4.74 Å². The molecule has 1 aromatic heterocycles. The van der Waals surface area contributed by atoms with Crippen molar-refractivity contribution < 1.29 is 4.74 Å². The Morgan fingerprint density at radius 2 is 1.81 bits per heavy atom. The quantitative estimate of drug-likeness (QED) is 0.777. The summed E-state index contributed by atoms with van der Waals surface area (Å²) in [5.41, 5.74) is 1.99. The molecule has 0 spiro atoms. The molecule has 0 N–H and O–H groups in total. The van der Waals surface area contributed by atoms with Crippen LogP contribution in [-0.4, -0.2) is 12.1 Å². The Morgan fingerprint density at radius 1 is 1.00 bits per heavy atom. The Balaban J connectivity index is 2.24. The fourth-order valence-corrected chi connectivity index (χ4v) is 1.45. The van der Waals surface area contributed by atoms with E-state index in [0.717, 1.165) is 17.0 Å². The maximum Gasteiger partial charge on any atom is 0.126 e. The molecule has 2 rings (SSSR count). The number of aromatic nitrogens is 1. The van der Waals surface area contributed by atoms with Gasteiger partial charge in [-0.2, -0.15) is 0 Å². The molecule has 0 radical (unpaired) electrons. The van der Waals surface area contributed by atoms with Gasteiger partial charge in [-0.25, -0.2) is 0 Å². The molecular weight excluding hydrogens is 198 g/mol. The predicted molar refractivity (Wildman–Crippen MR) is 66.2 cm³/mol. The van der Waals surface area contributed by atoms with Crippen molar-refractivity contribution in [3.63, 3.8) is 0 Å². The predicted octanol–water partition coefficient (Wildman–Crippen LogP) is 3.26. The lowest BCUT2D eigenvalue weighted by atomic mass is 10.1. The molecule has 0 bridgehead atoms. The molecule has 2 aromatic rings. The largest absolute Gasteiger partial charge is 0.496 e. The highest BCUT2D eigenvalue weighted by Gasteiger charge is 1.96. The number of methoxy groups -OCH3 is 1. The minimum Gasteiger partial charge on any atom is -0.496 e. The summed E-state index contributed by atoms with van der Waals surface area (Å²) >= 11 is 0. The minimum absolute atomic E-state index is 0.870. The number of para-hydroxylation sites is 1. The van der Waals surface area contributed by atoms with Crippen LogP contribution >= 0.6 is 0 Å². The summed E-state index contributed by atoms with van der Waals surface area (Å²) in [5, 5.41) is 0.